The Hall–Kier alpha value is -1.75. The SMILES string of the molecule is COC(=O)C(N)c1ccc2c(c1)OCCO2. The second-order valence-corrected chi connectivity index (χ2v) is 3.40. The van der Waals surface area contributed by atoms with Crippen molar-refractivity contribution < 1.29 is 19.0 Å². The number of rotatable bonds is 2. The number of hydrogen-bond donors (Lipinski definition) is 1. The van der Waals surface area contributed by atoms with Gasteiger partial charge in [0.05, 0.1) is 7.11 Å². The lowest BCUT2D eigenvalue weighted by Crippen LogP contribution is -2.23. The third-order valence-corrected chi connectivity index (χ3v) is 2.38. The lowest BCUT2D eigenvalue weighted by atomic mass is 10.1. The molecular formula is C11H13NO4. The van der Waals surface area contributed by atoms with Gasteiger partial charge < -0.3 is 19.9 Å². The molecule has 5 heteroatoms. The predicted octanol–water partition coefficient (Wildman–Crippen LogP) is 0.631. The molecule has 5 nitrogen and oxygen atoms in total. The first kappa shape index (κ1) is 10.8. The standard InChI is InChI=1S/C11H13NO4/c1-14-11(13)10(12)7-2-3-8-9(6-7)16-5-4-15-8/h2-3,6,10H,4-5,12H2,1H3. The number of esters is 1. The first-order valence-corrected chi connectivity index (χ1v) is 4.95. The van der Waals surface area contributed by atoms with Crippen LogP contribution in [0.5, 0.6) is 11.5 Å². The van der Waals surface area contributed by atoms with Crippen molar-refractivity contribution in [2.75, 3.05) is 20.3 Å². The molecule has 16 heavy (non-hydrogen) atoms. The highest BCUT2D eigenvalue weighted by atomic mass is 16.6. The predicted molar refractivity (Wildman–Crippen MR) is 56.4 cm³/mol. The molecule has 1 aliphatic heterocycles. The Morgan fingerprint density at radius 2 is 2.06 bits per heavy atom. The van der Waals surface area contributed by atoms with E-state index >= 15 is 0 Å². The van der Waals surface area contributed by atoms with Crippen LogP contribution in [-0.2, 0) is 9.53 Å². The Labute approximate surface area is 93.1 Å². The second kappa shape index (κ2) is 4.40. The van der Waals surface area contributed by atoms with Gasteiger partial charge in [0.25, 0.3) is 0 Å². The third kappa shape index (κ3) is 1.94. The van der Waals surface area contributed by atoms with E-state index in [-0.39, 0.29) is 0 Å². The van der Waals surface area contributed by atoms with Crippen molar-refractivity contribution in [1.82, 2.24) is 0 Å². The van der Waals surface area contributed by atoms with E-state index in [1.807, 2.05) is 0 Å². The van der Waals surface area contributed by atoms with Crippen molar-refractivity contribution in [3.63, 3.8) is 0 Å². The van der Waals surface area contributed by atoms with Gasteiger partial charge in [-0.05, 0) is 17.7 Å². The number of fused-ring (bicyclic) bond motifs is 1. The van der Waals surface area contributed by atoms with E-state index in [2.05, 4.69) is 4.74 Å². The van der Waals surface area contributed by atoms with Gasteiger partial charge in [-0.1, -0.05) is 6.07 Å². The van der Waals surface area contributed by atoms with E-state index in [0.29, 0.717) is 30.3 Å². The van der Waals surface area contributed by atoms with Crippen LogP contribution >= 0.6 is 0 Å². The van der Waals surface area contributed by atoms with Crippen LogP contribution in [0, 0.1) is 0 Å². The molecule has 86 valence electrons. The van der Waals surface area contributed by atoms with Crippen LogP contribution in [0.1, 0.15) is 11.6 Å². The molecule has 1 heterocycles. The summed E-state index contributed by atoms with van der Waals surface area (Å²) in [7, 11) is 1.31. The van der Waals surface area contributed by atoms with E-state index in [0.717, 1.165) is 0 Å². The molecule has 0 radical (unpaired) electrons. The third-order valence-electron chi connectivity index (χ3n) is 2.38. The number of benzene rings is 1. The summed E-state index contributed by atoms with van der Waals surface area (Å²) in [6, 6.07) is 4.39. The Bertz CT molecular complexity index is 405. The Morgan fingerprint density at radius 1 is 1.38 bits per heavy atom. The van der Waals surface area contributed by atoms with Crippen LogP contribution in [0.3, 0.4) is 0 Å². The van der Waals surface area contributed by atoms with E-state index < -0.39 is 12.0 Å². The second-order valence-electron chi connectivity index (χ2n) is 3.40. The molecular weight excluding hydrogens is 210 g/mol. The monoisotopic (exact) mass is 223 g/mol. The largest absolute Gasteiger partial charge is 0.486 e. The molecule has 1 aliphatic rings. The Morgan fingerprint density at radius 3 is 2.75 bits per heavy atom. The maximum atomic E-state index is 11.3. The zero-order valence-electron chi connectivity index (χ0n) is 8.93. The van der Waals surface area contributed by atoms with Crippen LogP contribution in [-0.4, -0.2) is 26.3 Å². The van der Waals surface area contributed by atoms with Gasteiger partial charge in [0.1, 0.15) is 19.3 Å². The first-order valence-electron chi connectivity index (χ1n) is 4.95. The molecule has 0 saturated carbocycles. The number of carbonyl (C=O) groups is 1. The van der Waals surface area contributed by atoms with Gasteiger partial charge in [-0.2, -0.15) is 0 Å². The molecule has 0 bridgehead atoms. The fraction of sp³-hybridized carbons (Fsp3) is 0.364. The van der Waals surface area contributed by atoms with E-state index in [4.69, 9.17) is 15.2 Å². The minimum atomic E-state index is -0.791. The molecule has 2 N–H and O–H groups in total. The van der Waals surface area contributed by atoms with Crippen molar-refractivity contribution in [3.05, 3.63) is 23.8 Å². The van der Waals surface area contributed by atoms with Gasteiger partial charge in [0.2, 0.25) is 0 Å². The highest BCUT2D eigenvalue weighted by molar-refractivity contribution is 5.77. The number of ether oxygens (including phenoxy) is 3. The quantitative estimate of drug-likeness (QED) is 0.744. The zero-order chi connectivity index (χ0) is 11.5. The van der Waals surface area contributed by atoms with Crippen LogP contribution in [0.25, 0.3) is 0 Å². The molecule has 0 aromatic heterocycles. The highest BCUT2D eigenvalue weighted by Gasteiger charge is 2.19. The fourth-order valence-electron chi connectivity index (χ4n) is 1.52. The lowest BCUT2D eigenvalue weighted by molar-refractivity contribution is -0.142. The molecule has 1 aromatic carbocycles. The van der Waals surface area contributed by atoms with E-state index in [1.54, 1.807) is 18.2 Å². The molecule has 2 rings (SSSR count). The number of methoxy groups -OCH3 is 1. The number of hydrogen-bond acceptors (Lipinski definition) is 5. The average molecular weight is 223 g/mol. The summed E-state index contributed by atoms with van der Waals surface area (Å²) < 4.78 is 15.3. The topological polar surface area (TPSA) is 70.8 Å². The minimum Gasteiger partial charge on any atom is -0.486 e. The lowest BCUT2D eigenvalue weighted by Gasteiger charge is -2.19. The highest BCUT2D eigenvalue weighted by Crippen LogP contribution is 2.32. The molecule has 0 saturated heterocycles. The Kier molecular flexibility index (Phi) is 2.96. The van der Waals surface area contributed by atoms with Crippen LogP contribution < -0.4 is 15.2 Å². The van der Waals surface area contributed by atoms with Crippen molar-refractivity contribution >= 4 is 5.97 Å². The minimum absolute atomic E-state index is 0.475. The molecule has 1 unspecified atom stereocenters. The fourth-order valence-corrected chi connectivity index (χ4v) is 1.52. The van der Waals surface area contributed by atoms with Gasteiger partial charge in [-0.25, -0.2) is 0 Å². The first-order chi connectivity index (χ1) is 7.72. The van der Waals surface area contributed by atoms with Gasteiger partial charge >= 0.3 is 5.97 Å². The summed E-state index contributed by atoms with van der Waals surface area (Å²) >= 11 is 0. The summed E-state index contributed by atoms with van der Waals surface area (Å²) in [4.78, 5) is 11.3. The summed E-state index contributed by atoms with van der Waals surface area (Å²) in [5.74, 6) is 0.812. The summed E-state index contributed by atoms with van der Waals surface area (Å²) in [5, 5.41) is 0. The van der Waals surface area contributed by atoms with E-state index in [1.165, 1.54) is 7.11 Å². The molecule has 1 aromatic rings. The molecule has 0 aliphatic carbocycles. The maximum absolute atomic E-state index is 11.3. The number of carbonyl (C=O) groups excluding carboxylic acids is 1. The van der Waals surface area contributed by atoms with Gasteiger partial charge in [-0.3, -0.25) is 4.79 Å². The summed E-state index contributed by atoms with van der Waals surface area (Å²) in [5.41, 5.74) is 6.36. The molecule has 0 spiro atoms. The van der Waals surface area contributed by atoms with Crippen LogP contribution in [0.4, 0.5) is 0 Å². The van der Waals surface area contributed by atoms with Crippen molar-refractivity contribution in [1.29, 1.82) is 0 Å². The average Bonchev–Trinajstić information content (AvgIpc) is 2.36. The maximum Gasteiger partial charge on any atom is 0.327 e. The van der Waals surface area contributed by atoms with Gasteiger partial charge in [-0.15, -0.1) is 0 Å². The number of nitrogens with two attached hydrogens (primary N) is 1. The van der Waals surface area contributed by atoms with Gasteiger partial charge in [0, 0.05) is 0 Å². The Balaban J connectivity index is 2.26. The van der Waals surface area contributed by atoms with E-state index in [9.17, 15) is 4.79 Å². The summed E-state index contributed by atoms with van der Waals surface area (Å²) in [6.07, 6.45) is 0. The summed E-state index contributed by atoms with van der Waals surface area (Å²) in [6.45, 7) is 1.04. The smallest absolute Gasteiger partial charge is 0.327 e. The van der Waals surface area contributed by atoms with Crippen molar-refractivity contribution in [2.45, 2.75) is 6.04 Å². The molecule has 1 atom stereocenters. The van der Waals surface area contributed by atoms with Crippen LogP contribution in [0.15, 0.2) is 18.2 Å². The van der Waals surface area contributed by atoms with Crippen molar-refractivity contribution in [2.24, 2.45) is 5.73 Å². The van der Waals surface area contributed by atoms with Gasteiger partial charge in [0.15, 0.2) is 11.5 Å². The molecule has 0 fully saturated rings. The molecule has 0 amide bonds. The van der Waals surface area contributed by atoms with Crippen LogP contribution in [0.2, 0.25) is 0 Å². The zero-order valence-corrected chi connectivity index (χ0v) is 8.93. The van der Waals surface area contributed by atoms with Crippen molar-refractivity contribution in [3.8, 4) is 11.5 Å². The normalized spacial score (nSPS) is 15.4.